The van der Waals surface area contributed by atoms with Crippen LogP contribution in [0.1, 0.15) is 49.9 Å². The molecule has 21 heavy (non-hydrogen) atoms. The number of amides is 1. The maximum absolute atomic E-state index is 12.2. The van der Waals surface area contributed by atoms with Gasteiger partial charge in [-0.05, 0) is 57.1 Å². The lowest BCUT2D eigenvalue weighted by Crippen LogP contribution is -2.43. The van der Waals surface area contributed by atoms with Gasteiger partial charge in [-0.25, -0.2) is 0 Å². The standard InChI is InChI=1S/C16H22N2O2S/c1-11(2)20-14-9-5-6-12(10-14)15(19)18-16(21)17-13-7-3-4-8-13/h5-6,9-11,13H,3-4,7-8H2,1-2H3,(H2,17,18,19,21). The third-order valence-corrected chi connectivity index (χ3v) is 3.61. The fourth-order valence-corrected chi connectivity index (χ4v) is 2.71. The summed E-state index contributed by atoms with van der Waals surface area (Å²) in [6.45, 7) is 3.90. The Hall–Kier alpha value is -1.62. The van der Waals surface area contributed by atoms with Gasteiger partial charge in [-0.2, -0.15) is 0 Å². The number of hydrogen-bond acceptors (Lipinski definition) is 3. The lowest BCUT2D eigenvalue weighted by Gasteiger charge is -2.15. The van der Waals surface area contributed by atoms with Gasteiger partial charge in [0.25, 0.3) is 5.91 Å². The van der Waals surface area contributed by atoms with E-state index in [2.05, 4.69) is 10.6 Å². The van der Waals surface area contributed by atoms with Gasteiger partial charge in [0, 0.05) is 11.6 Å². The van der Waals surface area contributed by atoms with Crippen LogP contribution in [0.25, 0.3) is 0 Å². The maximum atomic E-state index is 12.2. The Morgan fingerprint density at radius 3 is 2.71 bits per heavy atom. The molecule has 0 unspecified atom stereocenters. The Kier molecular flexibility index (Phi) is 5.56. The number of hydrogen-bond donors (Lipinski definition) is 2. The van der Waals surface area contributed by atoms with Crippen LogP contribution in [0, 0.1) is 0 Å². The summed E-state index contributed by atoms with van der Waals surface area (Å²) in [5.41, 5.74) is 0.545. The van der Waals surface area contributed by atoms with E-state index in [1.54, 1.807) is 18.2 Å². The topological polar surface area (TPSA) is 50.4 Å². The van der Waals surface area contributed by atoms with Gasteiger partial charge in [-0.15, -0.1) is 0 Å². The minimum Gasteiger partial charge on any atom is -0.491 e. The summed E-state index contributed by atoms with van der Waals surface area (Å²) in [6, 6.07) is 7.52. The smallest absolute Gasteiger partial charge is 0.257 e. The predicted molar refractivity (Wildman–Crippen MR) is 87.7 cm³/mol. The molecule has 1 fully saturated rings. The largest absolute Gasteiger partial charge is 0.491 e. The summed E-state index contributed by atoms with van der Waals surface area (Å²) in [7, 11) is 0. The van der Waals surface area contributed by atoms with Crippen LogP contribution in [-0.2, 0) is 0 Å². The van der Waals surface area contributed by atoms with Crippen molar-refractivity contribution in [3.8, 4) is 5.75 Å². The van der Waals surface area contributed by atoms with Crippen LogP contribution in [0.2, 0.25) is 0 Å². The molecule has 114 valence electrons. The van der Waals surface area contributed by atoms with Gasteiger partial charge in [-0.3, -0.25) is 10.1 Å². The van der Waals surface area contributed by atoms with E-state index in [0.29, 0.717) is 22.5 Å². The molecule has 0 spiro atoms. The summed E-state index contributed by atoms with van der Waals surface area (Å²) in [5, 5.41) is 6.33. The Morgan fingerprint density at radius 2 is 2.05 bits per heavy atom. The van der Waals surface area contributed by atoms with Crippen LogP contribution in [0.15, 0.2) is 24.3 Å². The molecule has 1 aliphatic carbocycles. The molecule has 1 aromatic rings. The Labute approximate surface area is 131 Å². The molecule has 0 bridgehead atoms. The summed E-state index contributed by atoms with van der Waals surface area (Å²) < 4.78 is 5.59. The van der Waals surface area contributed by atoms with Crippen LogP contribution >= 0.6 is 12.2 Å². The first kappa shape index (κ1) is 15.8. The van der Waals surface area contributed by atoms with E-state index in [9.17, 15) is 4.79 Å². The molecule has 2 rings (SSSR count). The van der Waals surface area contributed by atoms with Crippen molar-refractivity contribution in [2.75, 3.05) is 0 Å². The van der Waals surface area contributed by atoms with E-state index in [0.717, 1.165) is 12.8 Å². The number of benzene rings is 1. The molecule has 1 aromatic carbocycles. The first-order chi connectivity index (χ1) is 10.0. The Balaban J connectivity index is 1.91. The highest BCUT2D eigenvalue weighted by atomic mass is 32.1. The molecule has 0 heterocycles. The molecule has 1 aliphatic rings. The molecule has 1 amide bonds. The molecule has 1 saturated carbocycles. The van der Waals surface area contributed by atoms with E-state index >= 15 is 0 Å². The SMILES string of the molecule is CC(C)Oc1cccc(C(=O)NC(=S)NC2CCCC2)c1. The van der Waals surface area contributed by atoms with Crippen molar-refractivity contribution in [2.24, 2.45) is 0 Å². The van der Waals surface area contributed by atoms with E-state index in [-0.39, 0.29) is 12.0 Å². The van der Waals surface area contributed by atoms with Crippen LogP contribution in [-0.4, -0.2) is 23.2 Å². The van der Waals surface area contributed by atoms with Crippen molar-refractivity contribution in [1.29, 1.82) is 0 Å². The monoisotopic (exact) mass is 306 g/mol. The molecule has 2 N–H and O–H groups in total. The van der Waals surface area contributed by atoms with Gasteiger partial charge in [-0.1, -0.05) is 18.9 Å². The zero-order valence-corrected chi connectivity index (χ0v) is 13.3. The second kappa shape index (κ2) is 7.41. The number of ether oxygens (including phenoxy) is 1. The lowest BCUT2D eigenvalue weighted by atomic mass is 10.2. The summed E-state index contributed by atoms with van der Waals surface area (Å²) in [6.07, 6.45) is 4.76. The quantitative estimate of drug-likeness (QED) is 0.840. The molecule has 4 nitrogen and oxygen atoms in total. The van der Waals surface area contributed by atoms with Gasteiger partial charge >= 0.3 is 0 Å². The second-order valence-corrected chi connectivity index (χ2v) is 6.01. The van der Waals surface area contributed by atoms with Gasteiger partial charge in [0.2, 0.25) is 0 Å². The number of carbonyl (C=O) groups excluding carboxylic acids is 1. The number of thiocarbonyl (C=S) groups is 1. The van der Waals surface area contributed by atoms with Crippen LogP contribution < -0.4 is 15.4 Å². The van der Waals surface area contributed by atoms with Crippen molar-refractivity contribution < 1.29 is 9.53 Å². The van der Waals surface area contributed by atoms with Gasteiger partial charge in [0.15, 0.2) is 5.11 Å². The summed E-state index contributed by atoms with van der Waals surface area (Å²) in [5.74, 6) is 0.479. The number of nitrogens with one attached hydrogen (secondary N) is 2. The molecular weight excluding hydrogens is 284 g/mol. The van der Waals surface area contributed by atoms with E-state index in [1.807, 2.05) is 19.9 Å². The first-order valence-corrected chi connectivity index (χ1v) is 7.84. The lowest BCUT2D eigenvalue weighted by molar-refractivity contribution is 0.0975. The molecule has 0 aliphatic heterocycles. The van der Waals surface area contributed by atoms with Crippen molar-refractivity contribution in [1.82, 2.24) is 10.6 Å². The molecule has 0 atom stereocenters. The number of carbonyl (C=O) groups is 1. The van der Waals surface area contributed by atoms with Gasteiger partial charge in [0.05, 0.1) is 6.10 Å². The van der Waals surface area contributed by atoms with Crippen LogP contribution in [0.5, 0.6) is 5.75 Å². The van der Waals surface area contributed by atoms with Crippen molar-refractivity contribution in [2.45, 2.75) is 51.7 Å². The molecule has 0 aromatic heterocycles. The highest BCUT2D eigenvalue weighted by Crippen LogP contribution is 2.17. The minimum atomic E-state index is -0.209. The molecule has 0 radical (unpaired) electrons. The maximum Gasteiger partial charge on any atom is 0.257 e. The Bertz CT molecular complexity index is 511. The summed E-state index contributed by atoms with van der Waals surface area (Å²) in [4.78, 5) is 12.2. The summed E-state index contributed by atoms with van der Waals surface area (Å²) >= 11 is 5.20. The van der Waals surface area contributed by atoms with Crippen LogP contribution in [0.4, 0.5) is 0 Å². The van der Waals surface area contributed by atoms with Crippen molar-refractivity contribution >= 4 is 23.2 Å². The van der Waals surface area contributed by atoms with Crippen molar-refractivity contribution in [3.63, 3.8) is 0 Å². The third kappa shape index (κ3) is 5.01. The fraction of sp³-hybridized carbons (Fsp3) is 0.500. The highest BCUT2D eigenvalue weighted by molar-refractivity contribution is 7.80. The first-order valence-electron chi connectivity index (χ1n) is 7.43. The van der Waals surface area contributed by atoms with Crippen LogP contribution in [0.3, 0.4) is 0 Å². The fourth-order valence-electron chi connectivity index (χ4n) is 2.45. The third-order valence-electron chi connectivity index (χ3n) is 3.39. The van der Waals surface area contributed by atoms with E-state index < -0.39 is 0 Å². The molecule has 5 heteroatoms. The number of rotatable bonds is 4. The minimum absolute atomic E-state index is 0.0772. The zero-order valence-electron chi connectivity index (χ0n) is 12.5. The van der Waals surface area contributed by atoms with E-state index in [4.69, 9.17) is 17.0 Å². The second-order valence-electron chi connectivity index (χ2n) is 5.60. The zero-order chi connectivity index (χ0) is 15.2. The molecule has 0 saturated heterocycles. The van der Waals surface area contributed by atoms with Gasteiger partial charge < -0.3 is 10.1 Å². The van der Waals surface area contributed by atoms with Crippen molar-refractivity contribution in [3.05, 3.63) is 29.8 Å². The van der Waals surface area contributed by atoms with E-state index in [1.165, 1.54) is 12.8 Å². The Morgan fingerprint density at radius 1 is 1.33 bits per heavy atom. The molecular formula is C16H22N2O2S. The average molecular weight is 306 g/mol. The predicted octanol–water partition coefficient (Wildman–Crippen LogP) is 3.02. The highest BCUT2D eigenvalue weighted by Gasteiger charge is 2.17. The van der Waals surface area contributed by atoms with Gasteiger partial charge in [0.1, 0.15) is 5.75 Å². The normalized spacial score (nSPS) is 15.0. The average Bonchev–Trinajstić information content (AvgIpc) is 2.90.